The minimum Gasteiger partial charge on any atom is -0.396 e. The smallest absolute Gasteiger partial charge is 0.396 e. The predicted molar refractivity (Wildman–Crippen MR) is 31.6 cm³/mol. The van der Waals surface area contributed by atoms with Gasteiger partial charge in [-0.15, -0.1) is 0 Å². The molecule has 2 heterocycles. The fourth-order valence-corrected chi connectivity index (χ4v) is 0.214. The summed E-state index contributed by atoms with van der Waals surface area (Å²) in [4.78, 5) is 18.9. The molecule has 0 aliphatic carbocycles. The molecule has 2 aliphatic heterocycles. The van der Waals surface area contributed by atoms with Crippen molar-refractivity contribution in [1.82, 2.24) is 0 Å². The zero-order valence-corrected chi connectivity index (χ0v) is 4.86. The van der Waals surface area contributed by atoms with Crippen molar-refractivity contribution >= 4 is 12.3 Å². The molecule has 6 nitrogen and oxygen atoms in total. The molecule has 0 spiro atoms. The lowest BCUT2D eigenvalue weighted by molar-refractivity contribution is -0.103. The molecule has 2 aliphatic rings. The fourth-order valence-electron chi connectivity index (χ4n) is 0.214. The molecule has 0 atom stereocenters. The van der Waals surface area contributed by atoms with Gasteiger partial charge in [0.15, 0.2) is 0 Å². The maximum Gasteiger partial charge on any atom is 0.514 e. The number of cyclic esters (lactones) is 4. The van der Waals surface area contributed by atoms with Gasteiger partial charge < -0.3 is 18.9 Å². The van der Waals surface area contributed by atoms with Gasteiger partial charge in [0.1, 0.15) is 0 Å². The number of ether oxygens (including phenoxy) is 4. The van der Waals surface area contributed by atoms with Gasteiger partial charge in [0.25, 0.3) is 0 Å². The molecule has 0 aromatic rings. The van der Waals surface area contributed by atoms with Gasteiger partial charge in [-0.3, -0.25) is 0 Å². The average Bonchev–Trinajstić information content (AvgIpc) is 1.80. The maximum atomic E-state index is 9.45. The van der Waals surface area contributed by atoms with Crippen LogP contribution in [-0.2, 0) is 18.9 Å². The second-order valence-electron chi connectivity index (χ2n) is 1.31. The van der Waals surface area contributed by atoms with E-state index in [9.17, 15) is 9.59 Å². The lowest BCUT2D eigenvalue weighted by atomic mass is 11.1. The third-order valence-electron chi connectivity index (χ3n) is 0.707. The van der Waals surface area contributed by atoms with Gasteiger partial charge in [0.2, 0.25) is 13.6 Å². The number of rotatable bonds is 0. The lowest BCUT2D eigenvalue weighted by Crippen LogP contribution is -2.21. The topological polar surface area (TPSA) is 71.1 Å². The summed E-state index contributed by atoms with van der Waals surface area (Å²) in [6.45, 7) is 0.275. The summed E-state index contributed by atoms with van der Waals surface area (Å²) in [5.41, 5.74) is 0. The molecular formula is C5H8O6. The van der Waals surface area contributed by atoms with Gasteiger partial charge in [-0.2, -0.15) is 0 Å². The molecule has 0 amide bonds. The molecule has 0 radical (unpaired) electrons. The number of hydrogen-bond acceptors (Lipinski definition) is 6. The van der Waals surface area contributed by atoms with Crippen LogP contribution in [-0.4, -0.2) is 25.9 Å². The van der Waals surface area contributed by atoms with Crippen molar-refractivity contribution in [3.8, 4) is 0 Å². The Morgan fingerprint density at radius 2 is 1.00 bits per heavy atom. The van der Waals surface area contributed by atoms with Crippen LogP contribution >= 0.6 is 0 Å². The fraction of sp³-hybridized carbons (Fsp3) is 0.600. The van der Waals surface area contributed by atoms with Gasteiger partial charge in [-0.25, -0.2) is 9.59 Å². The van der Waals surface area contributed by atoms with E-state index in [1.165, 1.54) is 0 Å². The SMILES string of the molecule is C.O=C1OCO1.O=C1OCO1. The number of hydrogen-bond donors (Lipinski definition) is 0. The van der Waals surface area contributed by atoms with Crippen molar-refractivity contribution in [2.75, 3.05) is 13.6 Å². The van der Waals surface area contributed by atoms with Crippen molar-refractivity contribution in [1.29, 1.82) is 0 Å². The Balaban J connectivity index is 0.000000167. The second-order valence-corrected chi connectivity index (χ2v) is 1.31. The Labute approximate surface area is 63.0 Å². The number of carbonyl (C=O) groups is 2. The summed E-state index contributed by atoms with van der Waals surface area (Å²) in [5.74, 6) is 0. The van der Waals surface area contributed by atoms with Gasteiger partial charge in [0.05, 0.1) is 0 Å². The van der Waals surface area contributed by atoms with E-state index in [0.29, 0.717) is 0 Å². The zero-order chi connectivity index (χ0) is 7.40. The highest BCUT2D eigenvalue weighted by molar-refractivity contribution is 5.63. The molecule has 2 fully saturated rings. The van der Waals surface area contributed by atoms with Gasteiger partial charge in [-0.05, 0) is 0 Å². The highest BCUT2D eigenvalue weighted by Crippen LogP contribution is 1.94. The van der Waals surface area contributed by atoms with E-state index in [1.54, 1.807) is 0 Å². The molecule has 0 aromatic heterocycles. The Morgan fingerprint density at radius 3 is 1.00 bits per heavy atom. The molecule has 0 aromatic carbocycles. The van der Waals surface area contributed by atoms with Crippen molar-refractivity contribution < 1.29 is 28.5 Å². The first-order chi connectivity index (χ1) is 4.79. The first kappa shape index (κ1) is 9.54. The van der Waals surface area contributed by atoms with Crippen LogP contribution in [0.1, 0.15) is 7.43 Å². The summed E-state index contributed by atoms with van der Waals surface area (Å²) < 4.78 is 16.3. The lowest BCUT2D eigenvalue weighted by Gasteiger charge is -2.10. The van der Waals surface area contributed by atoms with E-state index in [-0.39, 0.29) is 21.0 Å². The summed E-state index contributed by atoms with van der Waals surface area (Å²) >= 11 is 0. The molecule has 64 valence electrons. The van der Waals surface area contributed by atoms with Crippen LogP contribution in [0.4, 0.5) is 9.59 Å². The van der Waals surface area contributed by atoms with Crippen LogP contribution in [0.3, 0.4) is 0 Å². The monoisotopic (exact) mass is 164 g/mol. The molecule has 0 saturated carbocycles. The van der Waals surface area contributed by atoms with Crippen LogP contribution in [0.2, 0.25) is 0 Å². The summed E-state index contributed by atoms with van der Waals surface area (Å²) in [6.07, 6.45) is -1.13. The standard InChI is InChI=1S/2C2H2O3.CH4/c2*3-2-4-1-5-2;/h2*1H2;1H4. The normalized spacial score (nSPS) is 17.1. The zero-order valence-electron chi connectivity index (χ0n) is 4.86. The van der Waals surface area contributed by atoms with Crippen LogP contribution in [0.5, 0.6) is 0 Å². The maximum absolute atomic E-state index is 9.45. The molecule has 2 saturated heterocycles. The van der Waals surface area contributed by atoms with Crippen molar-refractivity contribution in [3.05, 3.63) is 0 Å². The van der Waals surface area contributed by atoms with E-state index in [4.69, 9.17) is 0 Å². The van der Waals surface area contributed by atoms with E-state index < -0.39 is 12.3 Å². The Morgan fingerprint density at radius 1 is 0.818 bits per heavy atom. The molecule has 2 rings (SSSR count). The van der Waals surface area contributed by atoms with E-state index in [1.807, 2.05) is 0 Å². The Bertz CT molecular complexity index is 123. The van der Waals surface area contributed by atoms with Gasteiger partial charge >= 0.3 is 12.3 Å². The molecular weight excluding hydrogens is 156 g/mol. The van der Waals surface area contributed by atoms with Crippen molar-refractivity contribution in [2.24, 2.45) is 0 Å². The molecule has 0 N–H and O–H groups in total. The minimum atomic E-state index is -0.565. The largest absolute Gasteiger partial charge is 0.514 e. The Hall–Kier alpha value is -1.46. The molecule has 0 unspecified atom stereocenters. The summed E-state index contributed by atoms with van der Waals surface area (Å²) in [6, 6.07) is 0. The quantitative estimate of drug-likeness (QED) is 0.494. The molecule has 0 bridgehead atoms. The van der Waals surface area contributed by atoms with E-state index >= 15 is 0 Å². The van der Waals surface area contributed by atoms with E-state index in [0.717, 1.165) is 0 Å². The van der Waals surface area contributed by atoms with Crippen LogP contribution < -0.4 is 0 Å². The second kappa shape index (κ2) is 4.37. The number of carbonyl (C=O) groups excluding carboxylic acids is 2. The van der Waals surface area contributed by atoms with Crippen molar-refractivity contribution in [3.63, 3.8) is 0 Å². The third kappa shape index (κ3) is 3.29. The summed E-state index contributed by atoms with van der Waals surface area (Å²) in [5, 5.41) is 0. The van der Waals surface area contributed by atoms with Crippen LogP contribution in [0, 0.1) is 0 Å². The van der Waals surface area contributed by atoms with Gasteiger partial charge in [0, 0.05) is 0 Å². The minimum absolute atomic E-state index is 0. The first-order valence-corrected chi connectivity index (χ1v) is 2.38. The summed E-state index contributed by atoms with van der Waals surface area (Å²) in [7, 11) is 0. The predicted octanol–water partition coefficient (Wildman–Crippen LogP) is 0.857. The Kier molecular flexibility index (Phi) is 3.79. The highest BCUT2D eigenvalue weighted by Gasteiger charge is 2.12. The van der Waals surface area contributed by atoms with Gasteiger partial charge in [-0.1, -0.05) is 7.43 Å². The average molecular weight is 164 g/mol. The molecule has 11 heavy (non-hydrogen) atoms. The van der Waals surface area contributed by atoms with E-state index in [2.05, 4.69) is 18.9 Å². The first-order valence-electron chi connectivity index (χ1n) is 2.38. The van der Waals surface area contributed by atoms with Crippen LogP contribution in [0.15, 0.2) is 0 Å². The highest BCUT2D eigenvalue weighted by atomic mass is 16.9. The van der Waals surface area contributed by atoms with Crippen molar-refractivity contribution in [2.45, 2.75) is 7.43 Å². The molecule has 6 heteroatoms. The van der Waals surface area contributed by atoms with Crippen LogP contribution in [0.25, 0.3) is 0 Å². The third-order valence-corrected chi connectivity index (χ3v) is 0.707.